The molecule has 2 amide bonds. The Bertz CT molecular complexity index is 967. The van der Waals surface area contributed by atoms with E-state index in [2.05, 4.69) is 40.8 Å². The lowest BCUT2D eigenvalue weighted by Crippen LogP contribution is -2.50. The van der Waals surface area contributed by atoms with Gasteiger partial charge in [0.1, 0.15) is 11.9 Å². The molecule has 11 heteroatoms. The van der Waals surface area contributed by atoms with E-state index in [1.54, 1.807) is 0 Å². The van der Waals surface area contributed by atoms with Crippen LogP contribution in [0.1, 0.15) is 22.0 Å². The molecule has 3 heterocycles. The second kappa shape index (κ2) is 6.86. The number of rotatable bonds is 4. The standard InChI is InChI=1S/C16H16N8O3/c1-24-14-12(22-27-23-14)17-8-10(16(24)26)18-15(25)13-19-11(20-21-13)7-9-5-3-2-4-6-9/h2-6,10H,7-8H2,1H3,(H,17,22)(H,18,25)(H,19,20,21)/t10-/m0/s1. The number of benzene rings is 1. The van der Waals surface area contributed by atoms with Crippen LogP contribution in [0.5, 0.6) is 0 Å². The molecule has 0 unspecified atom stereocenters. The number of hydrogen-bond acceptors (Lipinski definition) is 8. The Balaban J connectivity index is 1.43. The molecule has 1 aliphatic heterocycles. The topological polar surface area (TPSA) is 142 Å². The summed E-state index contributed by atoms with van der Waals surface area (Å²) in [4.78, 5) is 30.5. The third kappa shape index (κ3) is 3.34. The van der Waals surface area contributed by atoms with Crippen molar-refractivity contribution in [1.82, 2.24) is 30.8 Å². The fourth-order valence-corrected chi connectivity index (χ4v) is 2.74. The summed E-state index contributed by atoms with van der Waals surface area (Å²) < 4.78 is 4.61. The van der Waals surface area contributed by atoms with E-state index in [9.17, 15) is 9.59 Å². The highest BCUT2D eigenvalue weighted by Gasteiger charge is 2.33. The summed E-state index contributed by atoms with van der Waals surface area (Å²) in [5.41, 5.74) is 1.04. The number of nitrogens with zero attached hydrogens (tertiary/aromatic N) is 5. The van der Waals surface area contributed by atoms with Crippen LogP contribution in [0, 0.1) is 0 Å². The van der Waals surface area contributed by atoms with Crippen molar-refractivity contribution >= 4 is 23.5 Å². The van der Waals surface area contributed by atoms with E-state index in [4.69, 9.17) is 0 Å². The Labute approximate surface area is 153 Å². The Morgan fingerprint density at radius 1 is 1.33 bits per heavy atom. The highest BCUT2D eigenvalue weighted by Crippen LogP contribution is 2.23. The Morgan fingerprint density at radius 3 is 2.96 bits per heavy atom. The van der Waals surface area contributed by atoms with E-state index in [0.29, 0.717) is 18.1 Å². The van der Waals surface area contributed by atoms with Crippen LogP contribution in [-0.2, 0) is 11.2 Å². The number of aromatic nitrogens is 5. The van der Waals surface area contributed by atoms with Gasteiger partial charge in [-0.05, 0) is 15.9 Å². The number of anilines is 2. The molecule has 11 nitrogen and oxygen atoms in total. The molecule has 1 atom stereocenters. The predicted octanol–water partition coefficient (Wildman–Crippen LogP) is -0.0346. The maximum atomic E-state index is 12.5. The zero-order chi connectivity index (χ0) is 18.8. The molecule has 2 aromatic heterocycles. The smallest absolute Gasteiger partial charge is 0.291 e. The van der Waals surface area contributed by atoms with Crippen molar-refractivity contribution in [2.45, 2.75) is 12.5 Å². The van der Waals surface area contributed by atoms with Crippen molar-refractivity contribution in [2.24, 2.45) is 0 Å². The average molecular weight is 368 g/mol. The molecule has 3 aromatic rings. The number of H-pyrrole nitrogens is 1. The summed E-state index contributed by atoms with van der Waals surface area (Å²) in [6.45, 7) is 0.136. The number of carbonyl (C=O) groups is 2. The maximum absolute atomic E-state index is 12.5. The van der Waals surface area contributed by atoms with Crippen molar-refractivity contribution in [1.29, 1.82) is 0 Å². The van der Waals surface area contributed by atoms with Gasteiger partial charge in [-0.1, -0.05) is 30.3 Å². The van der Waals surface area contributed by atoms with Crippen LogP contribution >= 0.6 is 0 Å². The Kier molecular flexibility index (Phi) is 4.24. The Hall–Kier alpha value is -3.76. The largest absolute Gasteiger partial charge is 0.361 e. The van der Waals surface area contributed by atoms with Gasteiger partial charge >= 0.3 is 0 Å². The lowest BCUT2D eigenvalue weighted by atomic mass is 10.1. The first-order valence-electron chi connectivity index (χ1n) is 8.22. The molecule has 1 aliphatic rings. The van der Waals surface area contributed by atoms with Gasteiger partial charge in [0.05, 0.1) is 0 Å². The molecule has 0 saturated carbocycles. The van der Waals surface area contributed by atoms with Crippen molar-refractivity contribution in [3.8, 4) is 0 Å². The molecule has 0 spiro atoms. The molecule has 27 heavy (non-hydrogen) atoms. The first-order chi connectivity index (χ1) is 13.1. The normalized spacial score (nSPS) is 16.4. The average Bonchev–Trinajstić information content (AvgIpc) is 3.32. The predicted molar refractivity (Wildman–Crippen MR) is 93.1 cm³/mol. The van der Waals surface area contributed by atoms with Crippen LogP contribution in [0.3, 0.4) is 0 Å². The minimum absolute atomic E-state index is 0.0289. The zero-order valence-corrected chi connectivity index (χ0v) is 14.3. The Morgan fingerprint density at radius 2 is 2.15 bits per heavy atom. The fraction of sp³-hybridized carbons (Fsp3) is 0.250. The third-order valence-electron chi connectivity index (χ3n) is 4.15. The van der Waals surface area contributed by atoms with E-state index < -0.39 is 11.9 Å². The van der Waals surface area contributed by atoms with Crippen LogP contribution in [0.15, 0.2) is 35.0 Å². The minimum Gasteiger partial charge on any atom is -0.361 e. The van der Waals surface area contributed by atoms with E-state index in [-0.39, 0.29) is 24.1 Å². The van der Waals surface area contributed by atoms with Crippen molar-refractivity contribution < 1.29 is 14.2 Å². The number of hydrogen-bond donors (Lipinski definition) is 3. The summed E-state index contributed by atoms with van der Waals surface area (Å²) in [6.07, 6.45) is 0.521. The van der Waals surface area contributed by atoms with Crippen LogP contribution < -0.4 is 15.5 Å². The molecule has 4 rings (SSSR count). The molecule has 0 fully saturated rings. The quantitative estimate of drug-likeness (QED) is 0.582. The zero-order valence-electron chi connectivity index (χ0n) is 14.3. The molecular weight excluding hydrogens is 352 g/mol. The monoisotopic (exact) mass is 368 g/mol. The van der Waals surface area contributed by atoms with Gasteiger partial charge in [0.2, 0.25) is 17.5 Å². The van der Waals surface area contributed by atoms with Gasteiger partial charge in [-0.15, -0.1) is 5.10 Å². The van der Waals surface area contributed by atoms with Gasteiger partial charge in [0.15, 0.2) is 0 Å². The van der Waals surface area contributed by atoms with Crippen LogP contribution in [0.2, 0.25) is 0 Å². The SMILES string of the molecule is CN1C(=O)[C@@H](NC(=O)c2n[nH]c(Cc3ccccc3)n2)CNc2nonc21. The number of fused-ring (bicyclic) bond motifs is 1. The van der Waals surface area contributed by atoms with Crippen molar-refractivity contribution in [3.63, 3.8) is 0 Å². The van der Waals surface area contributed by atoms with Gasteiger partial charge in [-0.25, -0.2) is 9.61 Å². The highest BCUT2D eigenvalue weighted by molar-refractivity contribution is 6.02. The molecule has 0 saturated heterocycles. The maximum Gasteiger partial charge on any atom is 0.291 e. The van der Waals surface area contributed by atoms with Gasteiger partial charge < -0.3 is 10.6 Å². The number of carbonyl (C=O) groups excluding carboxylic acids is 2. The van der Waals surface area contributed by atoms with Crippen LogP contribution in [0.4, 0.5) is 11.6 Å². The second-order valence-corrected chi connectivity index (χ2v) is 6.01. The summed E-state index contributed by atoms with van der Waals surface area (Å²) in [5.74, 6) is 0.227. The third-order valence-corrected chi connectivity index (χ3v) is 4.15. The van der Waals surface area contributed by atoms with E-state index in [1.807, 2.05) is 30.3 Å². The fourth-order valence-electron chi connectivity index (χ4n) is 2.74. The number of nitrogens with one attached hydrogen (secondary N) is 3. The van der Waals surface area contributed by atoms with Gasteiger partial charge in [-0.3, -0.25) is 19.6 Å². The first kappa shape index (κ1) is 16.7. The molecule has 0 bridgehead atoms. The van der Waals surface area contributed by atoms with Gasteiger partial charge in [-0.2, -0.15) is 0 Å². The van der Waals surface area contributed by atoms with Crippen LogP contribution in [-0.4, -0.2) is 56.9 Å². The molecule has 0 radical (unpaired) electrons. The van der Waals surface area contributed by atoms with E-state index in [0.717, 1.165) is 5.56 Å². The highest BCUT2D eigenvalue weighted by atomic mass is 16.6. The minimum atomic E-state index is -0.824. The van der Waals surface area contributed by atoms with E-state index >= 15 is 0 Å². The molecule has 0 aliphatic carbocycles. The lowest BCUT2D eigenvalue weighted by Gasteiger charge is -2.18. The summed E-state index contributed by atoms with van der Waals surface area (Å²) >= 11 is 0. The summed E-state index contributed by atoms with van der Waals surface area (Å²) in [5, 5.41) is 19.6. The molecule has 1 aromatic carbocycles. The van der Waals surface area contributed by atoms with Crippen molar-refractivity contribution in [3.05, 3.63) is 47.5 Å². The first-order valence-corrected chi connectivity index (χ1v) is 8.22. The van der Waals surface area contributed by atoms with Crippen LogP contribution in [0.25, 0.3) is 0 Å². The lowest BCUT2D eigenvalue weighted by molar-refractivity contribution is -0.119. The van der Waals surface area contributed by atoms with Gasteiger partial charge in [0, 0.05) is 20.0 Å². The molecule has 3 N–H and O–H groups in total. The second-order valence-electron chi connectivity index (χ2n) is 6.01. The van der Waals surface area contributed by atoms with Gasteiger partial charge in [0.25, 0.3) is 11.8 Å². The molecular formula is C16H16N8O3. The van der Waals surface area contributed by atoms with Crippen molar-refractivity contribution in [2.75, 3.05) is 23.8 Å². The number of aromatic amines is 1. The summed E-state index contributed by atoms with van der Waals surface area (Å²) in [6, 6.07) is 8.87. The molecule has 138 valence electrons. The summed E-state index contributed by atoms with van der Waals surface area (Å²) in [7, 11) is 1.53. The number of likely N-dealkylation sites (N-methyl/N-ethyl adjacent to an activating group) is 1. The number of amides is 2. The van der Waals surface area contributed by atoms with E-state index in [1.165, 1.54) is 11.9 Å².